The highest BCUT2D eigenvalue weighted by molar-refractivity contribution is 6.32. The molecule has 6 heteroatoms. The third-order valence-corrected chi connectivity index (χ3v) is 3.41. The molecule has 0 atom stereocenters. The Hall–Kier alpha value is -1.52. The predicted molar refractivity (Wildman–Crippen MR) is 77.6 cm³/mol. The molecule has 0 saturated carbocycles. The quantitative estimate of drug-likeness (QED) is 0.799. The van der Waals surface area contributed by atoms with Crippen molar-refractivity contribution in [2.24, 2.45) is 0 Å². The summed E-state index contributed by atoms with van der Waals surface area (Å²) in [7, 11) is 0. The molecule has 3 rings (SSSR count). The van der Waals surface area contributed by atoms with Gasteiger partial charge in [0.15, 0.2) is 17.3 Å². The van der Waals surface area contributed by atoms with Gasteiger partial charge >= 0.3 is 0 Å². The molecule has 0 bridgehead atoms. The van der Waals surface area contributed by atoms with Crippen LogP contribution in [0.1, 0.15) is 19.0 Å². The lowest BCUT2D eigenvalue weighted by atomic mass is 10.1. The number of halogens is 2. The Labute approximate surface area is 126 Å². The van der Waals surface area contributed by atoms with Crippen molar-refractivity contribution < 1.29 is 9.47 Å². The van der Waals surface area contributed by atoms with Crippen molar-refractivity contribution >= 4 is 23.2 Å². The van der Waals surface area contributed by atoms with Gasteiger partial charge in [-0.05, 0) is 24.6 Å². The molecule has 0 fully saturated rings. The van der Waals surface area contributed by atoms with Crippen molar-refractivity contribution in [1.82, 2.24) is 9.97 Å². The van der Waals surface area contributed by atoms with E-state index in [1.165, 1.54) is 0 Å². The Morgan fingerprint density at radius 3 is 2.80 bits per heavy atom. The summed E-state index contributed by atoms with van der Waals surface area (Å²) in [6.45, 7) is 2.27. The van der Waals surface area contributed by atoms with Crippen LogP contribution in [0.5, 0.6) is 11.5 Å². The number of rotatable bonds is 3. The molecule has 2 heterocycles. The number of benzene rings is 1. The minimum absolute atomic E-state index is 0.177. The Bertz CT molecular complexity index is 662. The molecule has 0 radical (unpaired) electrons. The van der Waals surface area contributed by atoms with Gasteiger partial charge in [0.25, 0.3) is 0 Å². The fourth-order valence-electron chi connectivity index (χ4n) is 2.07. The highest BCUT2D eigenvalue weighted by atomic mass is 35.5. The normalized spacial score (nSPS) is 12.8. The van der Waals surface area contributed by atoms with E-state index in [2.05, 4.69) is 16.9 Å². The van der Waals surface area contributed by atoms with E-state index in [1.54, 1.807) is 12.1 Å². The van der Waals surface area contributed by atoms with Gasteiger partial charge in [-0.3, -0.25) is 0 Å². The molecular formula is C14H12Cl2N2O2. The lowest BCUT2D eigenvalue weighted by Crippen LogP contribution is -1.96. The first kappa shape index (κ1) is 13.5. The molecule has 0 saturated heterocycles. The maximum atomic E-state index is 6.17. The van der Waals surface area contributed by atoms with E-state index in [0.29, 0.717) is 27.5 Å². The third kappa shape index (κ3) is 2.53. The molecule has 0 spiro atoms. The zero-order chi connectivity index (χ0) is 14.1. The van der Waals surface area contributed by atoms with E-state index in [9.17, 15) is 0 Å². The van der Waals surface area contributed by atoms with Gasteiger partial charge in [-0.25, -0.2) is 9.97 Å². The first-order valence-corrected chi connectivity index (χ1v) is 7.06. The van der Waals surface area contributed by atoms with Crippen LogP contribution in [0.3, 0.4) is 0 Å². The van der Waals surface area contributed by atoms with Gasteiger partial charge < -0.3 is 9.47 Å². The van der Waals surface area contributed by atoms with Crippen molar-refractivity contribution in [2.75, 3.05) is 6.79 Å². The maximum absolute atomic E-state index is 6.17. The molecule has 0 amide bonds. The summed E-state index contributed by atoms with van der Waals surface area (Å²) in [5.74, 6) is 1.71. The van der Waals surface area contributed by atoms with Gasteiger partial charge in [-0.2, -0.15) is 0 Å². The second-order valence-electron chi connectivity index (χ2n) is 4.45. The molecular weight excluding hydrogens is 299 g/mol. The van der Waals surface area contributed by atoms with Gasteiger partial charge in [0.2, 0.25) is 6.79 Å². The number of hydrogen-bond acceptors (Lipinski definition) is 4. The number of ether oxygens (including phenoxy) is 2. The summed E-state index contributed by atoms with van der Waals surface area (Å²) in [6, 6.07) is 5.36. The van der Waals surface area contributed by atoms with E-state index < -0.39 is 0 Å². The molecule has 4 nitrogen and oxygen atoms in total. The lowest BCUT2D eigenvalue weighted by Gasteiger charge is -2.06. The average Bonchev–Trinajstić information content (AvgIpc) is 2.87. The van der Waals surface area contributed by atoms with Crippen LogP contribution in [-0.4, -0.2) is 16.8 Å². The van der Waals surface area contributed by atoms with Crippen molar-refractivity contribution in [2.45, 2.75) is 19.8 Å². The minimum Gasteiger partial charge on any atom is -0.454 e. The molecule has 1 aromatic heterocycles. The van der Waals surface area contributed by atoms with Gasteiger partial charge in [0.05, 0.1) is 5.02 Å². The molecule has 0 unspecified atom stereocenters. The van der Waals surface area contributed by atoms with Crippen LogP contribution < -0.4 is 9.47 Å². The van der Waals surface area contributed by atoms with Crippen LogP contribution in [-0.2, 0) is 6.42 Å². The van der Waals surface area contributed by atoms with E-state index in [1.807, 2.05) is 6.07 Å². The monoisotopic (exact) mass is 310 g/mol. The van der Waals surface area contributed by atoms with E-state index in [4.69, 9.17) is 32.7 Å². The fourth-order valence-corrected chi connectivity index (χ4v) is 2.55. The standard InChI is InChI=1S/C14H12Cl2N2O2/c1-2-3-9-6-12(16)18-14(17-9)8-4-10(15)13-11(5-8)19-7-20-13/h4-6H,2-3,7H2,1H3. The highest BCUT2D eigenvalue weighted by Crippen LogP contribution is 2.41. The molecule has 1 aromatic carbocycles. The fraction of sp³-hybridized carbons (Fsp3) is 0.286. The van der Waals surface area contributed by atoms with Crippen LogP contribution in [0.25, 0.3) is 11.4 Å². The molecule has 2 aromatic rings. The average molecular weight is 311 g/mol. The third-order valence-electron chi connectivity index (χ3n) is 2.94. The van der Waals surface area contributed by atoms with Crippen molar-refractivity contribution in [3.8, 4) is 22.9 Å². The molecule has 0 aliphatic carbocycles. The zero-order valence-corrected chi connectivity index (χ0v) is 12.3. The van der Waals surface area contributed by atoms with E-state index >= 15 is 0 Å². The number of nitrogens with zero attached hydrogens (tertiary/aromatic N) is 2. The maximum Gasteiger partial charge on any atom is 0.231 e. The number of hydrogen-bond donors (Lipinski definition) is 0. The van der Waals surface area contributed by atoms with Crippen molar-refractivity contribution in [3.63, 3.8) is 0 Å². The Balaban J connectivity index is 2.07. The second-order valence-corrected chi connectivity index (χ2v) is 5.24. The Morgan fingerprint density at radius 2 is 2.00 bits per heavy atom. The topological polar surface area (TPSA) is 44.2 Å². The summed E-state index contributed by atoms with van der Waals surface area (Å²) in [4.78, 5) is 8.76. The Kier molecular flexibility index (Phi) is 3.68. The highest BCUT2D eigenvalue weighted by Gasteiger charge is 2.20. The molecule has 1 aliphatic heterocycles. The number of aromatic nitrogens is 2. The van der Waals surface area contributed by atoms with Gasteiger partial charge in [-0.1, -0.05) is 36.5 Å². The first-order valence-electron chi connectivity index (χ1n) is 6.30. The largest absolute Gasteiger partial charge is 0.454 e. The molecule has 1 aliphatic rings. The second kappa shape index (κ2) is 5.46. The first-order chi connectivity index (χ1) is 9.67. The zero-order valence-electron chi connectivity index (χ0n) is 10.8. The molecule has 20 heavy (non-hydrogen) atoms. The van der Waals surface area contributed by atoms with Crippen LogP contribution in [0.2, 0.25) is 10.2 Å². The van der Waals surface area contributed by atoms with E-state index in [0.717, 1.165) is 24.1 Å². The van der Waals surface area contributed by atoms with Crippen LogP contribution in [0.4, 0.5) is 0 Å². The van der Waals surface area contributed by atoms with Crippen molar-refractivity contribution in [3.05, 3.63) is 34.1 Å². The molecule has 0 N–H and O–H groups in total. The summed E-state index contributed by atoms with van der Waals surface area (Å²) in [6.07, 6.45) is 1.85. The number of aryl methyl sites for hydroxylation is 1. The van der Waals surface area contributed by atoms with Gasteiger partial charge in [0, 0.05) is 11.3 Å². The van der Waals surface area contributed by atoms with Crippen LogP contribution in [0.15, 0.2) is 18.2 Å². The Morgan fingerprint density at radius 1 is 1.15 bits per heavy atom. The summed E-state index contributed by atoms with van der Waals surface area (Å²) in [5, 5.41) is 0.905. The SMILES string of the molecule is CCCc1cc(Cl)nc(-c2cc(Cl)c3c(c2)OCO3)n1. The summed E-state index contributed by atoms with van der Waals surface area (Å²) in [5.41, 5.74) is 1.68. The smallest absolute Gasteiger partial charge is 0.231 e. The van der Waals surface area contributed by atoms with Crippen molar-refractivity contribution in [1.29, 1.82) is 0 Å². The number of fused-ring (bicyclic) bond motifs is 1. The van der Waals surface area contributed by atoms with Crippen LogP contribution >= 0.6 is 23.2 Å². The van der Waals surface area contributed by atoms with Crippen LogP contribution in [0, 0.1) is 0 Å². The minimum atomic E-state index is 0.177. The van der Waals surface area contributed by atoms with Gasteiger partial charge in [0.1, 0.15) is 5.15 Å². The lowest BCUT2D eigenvalue weighted by molar-refractivity contribution is 0.174. The van der Waals surface area contributed by atoms with Gasteiger partial charge in [-0.15, -0.1) is 0 Å². The summed E-state index contributed by atoms with van der Waals surface area (Å²) >= 11 is 12.2. The summed E-state index contributed by atoms with van der Waals surface area (Å²) < 4.78 is 10.6. The predicted octanol–water partition coefficient (Wildman–Crippen LogP) is 4.13. The molecule has 104 valence electrons. The van der Waals surface area contributed by atoms with E-state index in [-0.39, 0.29) is 6.79 Å².